The lowest BCUT2D eigenvalue weighted by Gasteiger charge is -2.01. The van der Waals surface area contributed by atoms with Gasteiger partial charge in [-0.05, 0) is 13.0 Å². The highest BCUT2D eigenvalue weighted by molar-refractivity contribution is 7.80. The number of aryl methyl sites for hydroxylation is 1. The Hall–Kier alpha value is -0.480. The van der Waals surface area contributed by atoms with Crippen molar-refractivity contribution in [3.05, 3.63) is 18.0 Å². The van der Waals surface area contributed by atoms with Crippen molar-refractivity contribution in [3.8, 4) is 0 Å². The molecule has 0 unspecified atom stereocenters. The van der Waals surface area contributed by atoms with Gasteiger partial charge in [-0.15, -0.1) is 0 Å². The van der Waals surface area contributed by atoms with Crippen LogP contribution in [0.25, 0.3) is 0 Å². The number of hydrogen-bond acceptors (Lipinski definition) is 3. The molecule has 0 aliphatic rings. The first-order valence-electron chi connectivity index (χ1n) is 4.01. The minimum Gasteiger partial charge on any atom is -0.379 e. The fourth-order valence-corrected chi connectivity index (χ4v) is 1.04. The van der Waals surface area contributed by atoms with Crippen LogP contribution in [0.3, 0.4) is 0 Å². The summed E-state index contributed by atoms with van der Waals surface area (Å²) in [6, 6.07) is 1.98. The van der Waals surface area contributed by atoms with E-state index in [4.69, 9.17) is 4.74 Å². The molecule has 0 saturated carbocycles. The van der Waals surface area contributed by atoms with Gasteiger partial charge in [0.2, 0.25) is 0 Å². The average molecular weight is 186 g/mol. The Labute approximate surface area is 78.1 Å². The van der Waals surface area contributed by atoms with Crippen molar-refractivity contribution in [2.24, 2.45) is 0 Å². The van der Waals surface area contributed by atoms with Gasteiger partial charge < -0.3 is 4.74 Å². The van der Waals surface area contributed by atoms with Crippen molar-refractivity contribution >= 4 is 12.6 Å². The van der Waals surface area contributed by atoms with Gasteiger partial charge in [0, 0.05) is 11.9 Å². The molecule has 0 bridgehead atoms. The van der Waals surface area contributed by atoms with E-state index in [0.29, 0.717) is 13.2 Å². The van der Waals surface area contributed by atoms with Crippen molar-refractivity contribution in [1.29, 1.82) is 0 Å². The Bertz CT molecular complexity index is 225. The number of hydrogen-bond donors (Lipinski definition) is 1. The summed E-state index contributed by atoms with van der Waals surface area (Å²) in [4.78, 5) is 0. The van der Waals surface area contributed by atoms with E-state index in [1.807, 2.05) is 23.9 Å². The zero-order valence-electron chi connectivity index (χ0n) is 7.23. The highest BCUT2D eigenvalue weighted by atomic mass is 32.1. The topological polar surface area (TPSA) is 27.1 Å². The van der Waals surface area contributed by atoms with Crippen molar-refractivity contribution in [2.75, 3.05) is 19.0 Å². The summed E-state index contributed by atoms with van der Waals surface area (Å²) in [7, 11) is 0. The molecular formula is C8H14N2OS. The standard InChI is InChI=1S/C8H14N2OS/c1-8-2-3-10(9-8)4-5-11-6-7-12/h2-3,12H,4-7H2,1H3. The SMILES string of the molecule is Cc1ccn(CCOCCS)n1. The van der Waals surface area contributed by atoms with Crippen LogP contribution in [0.4, 0.5) is 0 Å². The summed E-state index contributed by atoms with van der Waals surface area (Å²) in [6.45, 7) is 4.22. The molecule has 0 radical (unpaired) electrons. The quantitative estimate of drug-likeness (QED) is 0.551. The van der Waals surface area contributed by atoms with E-state index < -0.39 is 0 Å². The molecule has 0 N–H and O–H groups in total. The van der Waals surface area contributed by atoms with E-state index >= 15 is 0 Å². The summed E-state index contributed by atoms with van der Waals surface area (Å²) in [5.74, 6) is 0.776. The van der Waals surface area contributed by atoms with E-state index in [-0.39, 0.29) is 0 Å². The van der Waals surface area contributed by atoms with Crippen LogP contribution in [0.5, 0.6) is 0 Å². The number of thiol groups is 1. The van der Waals surface area contributed by atoms with Gasteiger partial charge in [0.15, 0.2) is 0 Å². The van der Waals surface area contributed by atoms with Crippen LogP contribution in [-0.4, -0.2) is 28.7 Å². The van der Waals surface area contributed by atoms with Gasteiger partial charge in [-0.2, -0.15) is 17.7 Å². The molecule has 0 aliphatic carbocycles. The molecule has 0 saturated heterocycles. The fourth-order valence-electron chi connectivity index (χ4n) is 0.912. The Morgan fingerprint density at radius 3 is 3.00 bits per heavy atom. The maximum atomic E-state index is 5.26. The molecule has 1 rings (SSSR count). The third-order valence-electron chi connectivity index (χ3n) is 1.47. The third-order valence-corrected chi connectivity index (χ3v) is 1.66. The summed E-state index contributed by atoms with van der Waals surface area (Å²) in [5.41, 5.74) is 1.05. The van der Waals surface area contributed by atoms with Crippen molar-refractivity contribution < 1.29 is 4.74 Å². The molecule has 1 aromatic rings. The predicted molar refractivity (Wildman–Crippen MR) is 51.6 cm³/mol. The van der Waals surface area contributed by atoms with Crippen LogP contribution in [-0.2, 0) is 11.3 Å². The molecule has 4 heteroatoms. The maximum Gasteiger partial charge on any atom is 0.0663 e. The summed E-state index contributed by atoms with van der Waals surface area (Å²) >= 11 is 4.04. The van der Waals surface area contributed by atoms with Gasteiger partial charge >= 0.3 is 0 Å². The fraction of sp³-hybridized carbons (Fsp3) is 0.625. The normalized spacial score (nSPS) is 10.5. The first-order valence-corrected chi connectivity index (χ1v) is 4.65. The van der Waals surface area contributed by atoms with Gasteiger partial charge in [-0.25, -0.2) is 0 Å². The number of rotatable bonds is 5. The predicted octanol–water partition coefficient (Wildman–Crippen LogP) is 1.14. The van der Waals surface area contributed by atoms with E-state index in [1.54, 1.807) is 0 Å². The largest absolute Gasteiger partial charge is 0.379 e. The van der Waals surface area contributed by atoms with Crippen molar-refractivity contribution in [2.45, 2.75) is 13.5 Å². The van der Waals surface area contributed by atoms with E-state index in [1.165, 1.54) is 0 Å². The molecule has 0 aliphatic heterocycles. The molecule has 0 aromatic carbocycles. The Balaban J connectivity index is 2.15. The van der Waals surface area contributed by atoms with Crippen LogP contribution in [0.1, 0.15) is 5.69 Å². The second kappa shape index (κ2) is 5.22. The molecule has 0 spiro atoms. The first-order chi connectivity index (χ1) is 5.83. The van der Waals surface area contributed by atoms with Gasteiger partial charge in [-0.3, -0.25) is 4.68 Å². The van der Waals surface area contributed by atoms with Gasteiger partial charge in [0.05, 0.1) is 25.5 Å². The molecule has 0 fully saturated rings. The highest BCUT2D eigenvalue weighted by Crippen LogP contribution is 1.92. The molecule has 68 valence electrons. The van der Waals surface area contributed by atoms with Gasteiger partial charge in [-0.1, -0.05) is 0 Å². The number of nitrogens with zero attached hydrogens (tertiary/aromatic N) is 2. The minimum absolute atomic E-state index is 0.710. The second-order valence-electron chi connectivity index (χ2n) is 2.56. The maximum absolute atomic E-state index is 5.26. The summed E-state index contributed by atoms with van der Waals surface area (Å²) in [5, 5.41) is 4.23. The van der Waals surface area contributed by atoms with E-state index in [2.05, 4.69) is 17.7 Å². The Kier molecular flexibility index (Phi) is 4.18. The smallest absolute Gasteiger partial charge is 0.0663 e. The average Bonchev–Trinajstić information content (AvgIpc) is 2.45. The molecule has 1 aromatic heterocycles. The summed E-state index contributed by atoms with van der Waals surface area (Å²) in [6.07, 6.45) is 1.96. The van der Waals surface area contributed by atoms with Crippen LogP contribution in [0.2, 0.25) is 0 Å². The van der Waals surface area contributed by atoms with E-state index in [0.717, 1.165) is 18.0 Å². The van der Waals surface area contributed by atoms with E-state index in [9.17, 15) is 0 Å². The minimum atomic E-state index is 0.710. The number of ether oxygens (including phenoxy) is 1. The molecule has 12 heavy (non-hydrogen) atoms. The third kappa shape index (κ3) is 3.28. The monoisotopic (exact) mass is 186 g/mol. The summed E-state index contributed by atoms with van der Waals surface area (Å²) < 4.78 is 7.14. The van der Waals surface area contributed by atoms with Crippen LogP contribution in [0.15, 0.2) is 12.3 Å². The van der Waals surface area contributed by atoms with Crippen molar-refractivity contribution in [1.82, 2.24) is 9.78 Å². The molecule has 3 nitrogen and oxygen atoms in total. The zero-order valence-corrected chi connectivity index (χ0v) is 8.13. The molecular weight excluding hydrogens is 172 g/mol. The lowest BCUT2D eigenvalue weighted by atomic mass is 10.5. The molecule has 0 amide bonds. The Morgan fingerprint density at radius 1 is 1.58 bits per heavy atom. The number of aromatic nitrogens is 2. The lowest BCUT2D eigenvalue weighted by molar-refractivity contribution is 0.138. The first kappa shape index (κ1) is 9.61. The van der Waals surface area contributed by atoms with Crippen LogP contribution < -0.4 is 0 Å². The highest BCUT2D eigenvalue weighted by Gasteiger charge is 1.92. The van der Waals surface area contributed by atoms with Gasteiger partial charge in [0.25, 0.3) is 0 Å². The lowest BCUT2D eigenvalue weighted by Crippen LogP contribution is -2.07. The van der Waals surface area contributed by atoms with Crippen LogP contribution in [0, 0.1) is 6.92 Å². The van der Waals surface area contributed by atoms with Crippen LogP contribution >= 0.6 is 12.6 Å². The Morgan fingerprint density at radius 2 is 2.42 bits per heavy atom. The second-order valence-corrected chi connectivity index (χ2v) is 3.00. The zero-order chi connectivity index (χ0) is 8.81. The van der Waals surface area contributed by atoms with Crippen molar-refractivity contribution in [3.63, 3.8) is 0 Å². The molecule has 0 atom stereocenters. The molecule has 1 heterocycles. The van der Waals surface area contributed by atoms with Gasteiger partial charge in [0.1, 0.15) is 0 Å².